The fraction of sp³-hybridized carbons (Fsp3) is 0.964. The average Bonchev–Trinajstić information content (AvgIpc) is 2.98. The van der Waals surface area contributed by atoms with Crippen molar-refractivity contribution in [3.05, 3.63) is 0 Å². The molecule has 1 rings (SSSR count). The highest BCUT2D eigenvalue weighted by atomic mass is 16.1. The van der Waals surface area contributed by atoms with Crippen LogP contribution in [0.3, 0.4) is 0 Å². The number of rotatable bonds is 1. The summed E-state index contributed by atoms with van der Waals surface area (Å²) in [7, 11) is 0. The standard InChI is InChI=1S/C28H67N13O/c29-28(42)27-3-1-2-4-30-5-6-31-7-8-32-9-10-33-11-12-34-13-14-35-15-16-36-17-18-37-19-20-38-21-22-39-23-24-40-25-26-41-27/h27,30-41H,1-26H2,(H2,29,42). The molecule has 14 N–H and O–H groups in total. The lowest BCUT2D eigenvalue weighted by atomic mass is 10.1. The molecule has 1 atom stereocenters. The smallest absolute Gasteiger partial charge is 0.234 e. The van der Waals surface area contributed by atoms with E-state index in [-0.39, 0.29) is 11.9 Å². The molecule has 0 bridgehead atoms. The summed E-state index contributed by atoms with van der Waals surface area (Å²) in [6, 6.07) is -0.254. The van der Waals surface area contributed by atoms with Crippen molar-refractivity contribution in [2.45, 2.75) is 25.3 Å². The van der Waals surface area contributed by atoms with Crippen molar-refractivity contribution >= 4 is 5.91 Å². The van der Waals surface area contributed by atoms with Crippen molar-refractivity contribution < 1.29 is 4.79 Å². The van der Waals surface area contributed by atoms with Crippen LogP contribution in [-0.2, 0) is 4.79 Å². The number of carbonyl (C=O) groups excluding carboxylic acids is 1. The molecule has 0 radical (unpaired) electrons. The Morgan fingerprint density at radius 2 is 0.595 bits per heavy atom. The molecule has 1 heterocycles. The van der Waals surface area contributed by atoms with Gasteiger partial charge in [-0.2, -0.15) is 0 Å². The monoisotopic (exact) mass is 602 g/mol. The van der Waals surface area contributed by atoms with Crippen molar-refractivity contribution in [1.82, 2.24) is 63.8 Å². The van der Waals surface area contributed by atoms with Gasteiger partial charge in [0, 0.05) is 144 Å². The minimum atomic E-state index is -0.262. The number of primary amides is 1. The Kier molecular flexibility index (Phi) is 30.6. The molecule has 250 valence electrons. The van der Waals surface area contributed by atoms with Crippen LogP contribution in [0.1, 0.15) is 19.3 Å². The third-order valence-electron chi connectivity index (χ3n) is 6.92. The number of nitrogens with two attached hydrogens (primary N) is 1. The summed E-state index contributed by atoms with van der Waals surface area (Å²) >= 11 is 0. The van der Waals surface area contributed by atoms with E-state index in [1.807, 2.05) is 0 Å². The van der Waals surface area contributed by atoms with E-state index in [0.29, 0.717) is 0 Å². The van der Waals surface area contributed by atoms with Crippen molar-refractivity contribution in [3.8, 4) is 0 Å². The number of hydrogen-bond donors (Lipinski definition) is 13. The fourth-order valence-electron chi connectivity index (χ4n) is 4.42. The zero-order chi connectivity index (χ0) is 30.0. The SMILES string of the molecule is NC(=O)C1CCCCNCCNCCNCCNCCNCCNCCNCCNCCNCCNCCNCCN1. The molecule has 1 aliphatic rings. The van der Waals surface area contributed by atoms with Gasteiger partial charge >= 0.3 is 0 Å². The van der Waals surface area contributed by atoms with Crippen LogP contribution in [0.15, 0.2) is 0 Å². The second-order valence-electron chi connectivity index (χ2n) is 10.7. The Hall–Kier alpha value is -1.01. The minimum absolute atomic E-state index is 0.254. The number of nitrogens with one attached hydrogen (secondary N) is 12. The zero-order valence-corrected chi connectivity index (χ0v) is 26.4. The summed E-state index contributed by atoms with van der Waals surface area (Å²) in [5.41, 5.74) is 5.60. The van der Waals surface area contributed by atoms with Crippen LogP contribution in [0.4, 0.5) is 0 Å². The molecule has 0 aromatic heterocycles. The highest BCUT2D eigenvalue weighted by molar-refractivity contribution is 5.79. The van der Waals surface area contributed by atoms with E-state index in [1.165, 1.54) is 0 Å². The third-order valence-corrected chi connectivity index (χ3v) is 6.92. The lowest BCUT2D eigenvalue weighted by Crippen LogP contribution is -2.44. The molecular weight excluding hydrogens is 534 g/mol. The van der Waals surface area contributed by atoms with Crippen molar-refractivity contribution in [1.29, 1.82) is 0 Å². The molecule has 1 fully saturated rings. The molecule has 0 aromatic rings. The van der Waals surface area contributed by atoms with Crippen molar-refractivity contribution in [2.24, 2.45) is 5.73 Å². The van der Waals surface area contributed by atoms with E-state index < -0.39 is 0 Å². The molecule has 0 aliphatic carbocycles. The maximum absolute atomic E-state index is 11.8. The summed E-state index contributed by atoms with van der Waals surface area (Å²) in [5, 5.41) is 41.4. The largest absolute Gasteiger partial charge is 0.368 e. The lowest BCUT2D eigenvalue weighted by molar-refractivity contribution is -0.120. The molecule has 42 heavy (non-hydrogen) atoms. The molecule has 1 unspecified atom stereocenters. The van der Waals surface area contributed by atoms with Gasteiger partial charge in [0.25, 0.3) is 0 Å². The van der Waals surface area contributed by atoms with E-state index in [1.54, 1.807) is 0 Å². The number of amides is 1. The molecule has 1 amide bonds. The summed E-state index contributed by atoms with van der Waals surface area (Å²) in [4.78, 5) is 11.8. The van der Waals surface area contributed by atoms with Gasteiger partial charge in [0.15, 0.2) is 0 Å². The second-order valence-corrected chi connectivity index (χ2v) is 10.7. The topological polar surface area (TPSA) is 187 Å². The first-order chi connectivity index (χ1) is 20.8. The normalized spacial score (nSPS) is 24.8. The van der Waals surface area contributed by atoms with E-state index in [4.69, 9.17) is 5.73 Å². The van der Waals surface area contributed by atoms with Gasteiger partial charge in [-0.3, -0.25) is 4.79 Å². The van der Waals surface area contributed by atoms with Crippen molar-refractivity contribution in [2.75, 3.05) is 151 Å². The van der Waals surface area contributed by atoms with Gasteiger partial charge in [0.2, 0.25) is 5.91 Å². The zero-order valence-electron chi connectivity index (χ0n) is 26.4. The van der Waals surface area contributed by atoms with E-state index in [2.05, 4.69) is 63.8 Å². The molecule has 14 heteroatoms. The number of carbonyl (C=O) groups is 1. The van der Waals surface area contributed by atoms with E-state index in [0.717, 1.165) is 170 Å². The Morgan fingerprint density at radius 3 is 0.857 bits per heavy atom. The number of hydrogen-bond acceptors (Lipinski definition) is 13. The Bertz CT molecular complexity index is 522. The predicted octanol–water partition coefficient (Wildman–Crippen LogP) is -4.90. The summed E-state index contributed by atoms with van der Waals surface area (Å²) in [6.45, 7) is 22.0. The van der Waals surface area contributed by atoms with Crippen LogP contribution < -0.4 is 69.5 Å². The Morgan fingerprint density at radius 1 is 0.357 bits per heavy atom. The molecule has 1 saturated heterocycles. The fourth-order valence-corrected chi connectivity index (χ4v) is 4.42. The van der Waals surface area contributed by atoms with Crippen LogP contribution in [0.2, 0.25) is 0 Å². The molecule has 14 nitrogen and oxygen atoms in total. The highest BCUT2D eigenvalue weighted by Gasteiger charge is 2.13. The lowest BCUT2D eigenvalue weighted by Gasteiger charge is -2.16. The molecule has 0 aromatic carbocycles. The van der Waals surface area contributed by atoms with Crippen LogP contribution in [0.25, 0.3) is 0 Å². The van der Waals surface area contributed by atoms with Gasteiger partial charge in [0.05, 0.1) is 6.04 Å². The summed E-state index contributed by atoms with van der Waals surface area (Å²) in [6.07, 6.45) is 2.80. The summed E-state index contributed by atoms with van der Waals surface area (Å²) < 4.78 is 0. The predicted molar refractivity (Wildman–Crippen MR) is 176 cm³/mol. The molecule has 1 aliphatic heterocycles. The first-order valence-electron chi connectivity index (χ1n) is 16.6. The Labute approximate surface area is 256 Å². The van der Waals surface area contributed by atoms with Crippen LogP contribution in [0.5, 0.6) is 0 Å². The molecule has 0 saturated carbocycles. The van der Waals surface area contributed by atoms with E-state index >= 15 is 0 Å². The van der Waals surface area contributed by atoms with Gasteiger partial charge in [0.1, 0.15) is 0 Å². The average molecular weight is 602 g/mol. The Balaban J connectivity index is 2.13. The van der Waals surface area contributed by atoms with Gasteiger partial charge in [-0.1, -0.05) is 6.42 Å². The third kappa shape index (κ3) is 29.1. The van der Waals surface area contributed by atoms with Gasteiger partial charge in [-0.25, -0.2) is 0 Å². The van der Waals surface area contributed by atoms with Gasteiger partial charge in [-0.05, 0) is 19.4 Å². The second kappa shape index (κ2) is 32.9. The first-order valence-corrected chi connectivity index (χ1v) is 16.6. The van der Waals surface area contributed by atoms with Crippen LogP contribution in [0, 0.1) is 0 Å². The first kappa shape index (κ1) is 39.0. The molecule has 0 spiro atoms. The molecular formula is C28H67N13O. The maximum Gasteiger partial charge on any atom is 0.234 e. The summed E-state index contributed by atoms with van der Waals surface area (Å²) in [5.74, 6) is -0.262. The van der Waals surface area contributed by atoms with E-state index in [9.17, 15) is 4.79 Å². The van der Waals surface area contributed by atoms with Crippen LogP contribution >= 0.6 is 0 Å². The highest BCUT2D eigenvalue weighted by Crippen LogP contribution is 2.00. The van der Waals surface area contributed by atoms with Crippen LogP contribution in [-0.4, -0.2) is 162 Å². The quantitative estimate of drug-likeness (QED) is 0.137. The maximum atomic E-state index is 11.8. The minimum Gasteiger partial charge on any atom is -0.368 e. The van der Waals surface area contributed by atoms with Crippen molar-refractivity contribution in [3.63, 3.8) is 0 Å². The van der Waals surface area contributed by atoms with Gasteiger partial charge in [-0.15, -0.1) is 0 Å². The van der Waals surface area contributed by atoms with Gasteiger partial charge < -0.3 is 69.5 Å².